The molecule has 10 heteroatoms. The molecule has 0 spiro atoms. The van der Waals surface area contributed by atoms with Crippen LogP contribution in [0.2, 0.25) is 0 Å². The maximum atomic E-state index is 13.9. The molecule has 7 nitrogen and oxygen atoms in total. The van der Waals surface area contributed by atoms with Crippen LogP contribution in [-0.4, -0.2) is 41.3 Å². The highest BCUT2D eigenvalue weighted by molar-refractivity contribution is 9.10. The van der Waals surface area contributed by atoms with E-state index in [0.717, 1.165) is 16.7 Å². The largest absolute Gasteiger partial charge is 0.490 e. The molecule has 0 aliphatic carbocycles. The number of carbonyl (C=O) groups is 3. The van der Waals surface area contributed by atoms with Crippen molar-refractivity contribution in [2.24, 2.45) is 0 Å². The van der Waals surface area contributed by atoms with Crippen molar-refractivity contribution < 1.29 is 33.0 Å². The van der Waals surface area contributed by atoms with Crippen molar-refractivity contribution in [1.29, 1.82) is 0 Å². The molecule has 2 amide bonds. The van der Waals surface area contributed by atoms with Gasteiger partial charge in [-0.1, -0.05) is 18.2 Å². The summed E-state index contributed by atoms with van der Waals surface area (Å²) >= 11 is 4.18. The molecule has 1 aliphatic heterocycles. The van der Waals surface area contributed by atoms with Crippen LogP contribution in [0.15, 0.2) is 45.8 Å². The van der Waals surface area contributed by atoms with Crippen molar-refractivity contribution in [3.05, 3.63) is 62.7 Å². The van der Waals surface area contributed by atoms with E-state index < -0.39 is 23.7 Å². The number of benzene rings is 2. The molecule has 2 aromatic rings. The van der Waals surface area contributed by atoms with Gasteiger partial charge >= 0.3 is 5.97 Å². The maximum Gasteiger partial charge on any atom is 0.326 e. The normalized spacial score (nSPS) is 14.8. The minimum Gasteiger partial charge on any atom is -0.490 e. The zero-order valence-electron chi connectivity index (χ0n) is 18.8. The quantitative estimate of drug-likeness (QED) is 0.298. The Labute approximate surface area is 209 Å². The number of rotatable bonds is 9. The van der Waals surface area contributed by atoms with Gasteiger partial charge in [0.25, 0.3) is 11.1 Å². The first-order valence-corrected chi connectivity index (χ1v) is 12.1. The maximum absolute atomic E-state index is 13.9. The summed E-state index contributed by atoms with van der Waals surface area (Å²) in [4.78, 5) is 37.9. The first-order chi connectivity index (χ1) is 16.2. The number of amides is 2. The summed E-state index contributed by atoms with van der Waals surface area (Å²) < 4.78 is 31.0. The van der Waals surface area contributed by atoms with E-state index >= 15 is 0 Å². The molecule has 0 aromatic heterocycles. The van der Waals surface area contributed by atoms with Crippen molar-refractivity contribution in [1.82, 2.24) is 4.90 Å². The number of hydrogen-bond acceptors (Lipinski definition) is 7. The second kappa shape index (κ2) is 11.5. The average molecular weight is 552 g/mol. The van der Waals surface area contributed by atoms with Gasteiger partial charge in [-0.2, -0.15) is 0 Å². The van der Waals surface area contributed by atoms with Gasteiger partial charge in [0.15, 0.2) is 11.5 Å². The predicted octanol–water partition coefficient (Wildman–Crippen LogP) is 5.55. The number of carbonyl (C=O) groups excluding carboxylic acids is 3. The van der Waals surface area contributed by atoms with Crippen LogP contribution in [0.25, 0.3) is 6.08 Å². The minimum absolute atomic E-state index is 0.00391. The zero-order valence-corrected chi connectivity index (χ0v) is 21.2. The Morgan fingerprint density at radius 3 is 2.62 bits per heavy atom. The Kier molecular flexibility index (Phi) is 8.73. The van der Waals surface area contributed by atoms with E-state index in [1.165, 1.54) is 12.1 Å². The van der Waals surface area contributed by atoms with E-state index in [1.54, 1.807) is 44.2 Å². The van der Waals surface area contributed by atoms with E-state index in [9.17, 15) is 18.8 Å². The van der Waals surface area contributed by atoms with Gasteiger partial charge in [0.05, 0.1) is 22.1 Å². The second-order valence-electron chi connectivity index (χ2n) is 7.45. The lowest BCUT2D eigenvalue weighted by molar-refractivity contribution is -0.149. The average Bonchev–Trinajstić information content (AvgIpc) is 3.01. The van der Waals surface area contributed by atoms with Crippen molar-refractivity contribution in [3.8, 4) is 11.5 Å². The van der Waals surface area contributed by atoms with Crippen molar-refractivity contribution >= 4 is 50.9 Å². The van der Waals surface area contributed by atoms with Crippen LogP contribution >= 0.6 is 27.7 Å². The molecular weight excluding hydrogens is 529 g/mol. The molecule has 0 N–H and O–H groups in total. The fourth-order valence-corrected chi connectivity index (χ4v) is 4.47. The molecule has 34 heavy (non-hydrogen) atoms. The van der Waals surface area contributed by atoms with Gasteiger partial charge in [-0.25, -0.2) is 4.39 Å². The molecule has 1 saturated heterocycles. The van der Waals surface area contributed by atoms with E-state index in [0.29, 0.717) is 33.7 Å². The Morgan fingerprint density at radius 2 is 1.94 bits per heavy atom. The summed E-state index contributed by atoms with van der Waals surface area (Å²) in [6.45, 7) is 5.07. The third-order valence-electron chi connectivity index (χ3n) is 4.49. The molecule has 0 saturated carbocycles. The first kappa shape index (κ1) is 25.8. The first-order valence-electron chi connectivity index (χ1n) is 10.5. The van der Waals surface area contributed by atoms with E-state index in [1.807, 2.05) is 6.92 Å². The molecule has 2 aromatic carbocycles. The van der Waals surface area contributed by atoms with Crippen molar-refractivity contribution in [3.63, 3.8) is 0 Å². The van der Waals surface area contributed by atoms with Gasteiger partial charge in [-0.05, 0) is 78.3 Å². The smallest absolute Gasteiger partial charge is 0.326 e. The van der Waals surface area contributed by atoms with E-state index in [4.69, 9.17) is 14.2 Å². The van der Waals surface area contributed by atoms with Crippen LogP contribution in [0.5, 0.6) is 11.5 Å². The third-order valence-corrected chi connectivity index (χ3v) is 5.98. The van der Waals surface area contributed by atoms with Gasteiger partial charge in [0.1, 0.15) is 19.0 Å². The molecule has 1 fully saturated rings. The monoisotopic (exact) mass is 551 g/mol. The fourth-order valence-electron chi connectivity index (χ4n) is 3.06. The summed E-state index contributed by atoms with van der Waals surface area (Å²) in [5.74, 6) is -0.840. The van der Waals surface area contributed by atoms with Crippen LogP contribution in [-0.2, 0) is 20.9 Å². The Morgan fingerprint density at radius 1 is 1.21 bits per heavy atom. The van der Waals surface area contributed by atoms with Gasteiger partial charge < -0.3 is 14.2 Å². The lowest BCUT2D eigenvalue weighted by Gasteiger charge is -2.15. The number of hydrogen-bond donors (Lipinski definition) is 0. The van der Waals surface area contributed by atoms with Crippen LogP contribution in [0.4, 0.5) is 9.18 Å². The van der Waals surface area contributed by atoms with E-state index in [2.05, 4.69) is 15.9 Å². The van der Waals surface area contributed by atoms with Crippen molar-refractivity contribution in [2.75, 3.05) is 13.2 Å². The van der Waals surface area contributed by atoms with Crippen LogP contribution in [0.1, 0.15) is 31.9 Å². The number of esters is 1. The van der Waals surface area contributed by atoms with Crippen LogP contribution in [0.3, 0.4) is 0 Å². The minimum atomic E-state index is -0.656. The predicted molar refractivity (Wildman–Crippen MR) is 130 cm³/mol. The topological polar surface area (TPSA) is 82.1 Å². The summed E-state index contributed by atoms with van der Waals surface area (Å²) in [6.07, 6.45) is 1.18. The summed E-state index contributed by atoms with van der Waals surface area (Å²) in [5, 5.41) is -0.550. The molecule has 1 aliphatic rings. The highest BCUT2D eigenvalue weighted by atomic mass is 79.9. The summed E-state index contributed by atoms with van der Waals surface area (Å²) in [5.41, 5.74) is 0.967. The Balaban J connectivity index is 1.82. The number of imide groups is 1. The van der Waals surface area contributed by atoms with Gasteiger partial charge in [0, 0.05) is 5.56 Å². The number of nitrogens with zero attached hydrogens (tertiary/aromatic N) is 1. The number of thioether (sulfide) groups is 1. The molecule has 0 bridgehead atoms. The Bertz CT molecular complexity index is 1140. The number of halogens is 2. The number of ether oxygens (including phenoxy) is 3. The lowest BCUT2D eigenvalue weighted by Crippen LogP contribution is -2.35. The van der Waals surface area contributed by atoms with Gasteiger partial charge in [-0.15, -0.1) is 0 Å². The zero-order chi connectivity index (χ0) is 24.8. The van der Waals surface area contributed by atoms with E-state index in [-0.39, 0.29) is 23.4 Å². The molecule has 0 atom stereocenters. The highest BCUT2D eigenvalue weighted by Gasteiger charge is 2.36. The second-order valence-corrected chi connectivity index (χ2v) is 9.30. The molecular formula is C24H23BrFNO6S. The fraction of sp³-hybridized carbons (Fsp3) is 0.292. The summed E-state index contributed by atoms with van der Waals surface area (Å²) in [7, 11) is 0. The van der Waals surface area contributed by atoms with Crippen LogP contribution < -0.4 is 9.47 Å². The molecule has 0 unspecified atom stereocenters. The third kappa shape index (κ3) is 6.38. The standard InChI is InChI=1S/C24H23BrFNO6S/c1-4-31-19-10-15(9-17(25)22(19)32-13-16-7-5-6-8-18(16)26)11-20-23(29)27(24(30)34-20)12-21(28)33-14(2)3/h5-11,14H,4,12-13H2,1-3H3/b20-11+. The molecule has 0 radical (unpaired) electrons. The molecule has 3 rings (SSSR count). The van der Waals surface area contributed by atoms with Gasteiger partial charge in [0.2, 0.25) is 0 Å². The van der Waals surface area contributed by atoms with Crippen LogP contribution in [0, 0.1) is 5.82 Å². The highest BCUT2D eigenvalue weighted by Crippen LogP contribution is 2.39. The Hall–Kier alpha value is -2.85. The SMILES string of the molecule is CCOc1cc(/C=C2/SC(=O)N(CC(=O)OC(C)C)C2=O)cc(Br)c1OCc1ccccc1F. The molecule has 1 heterocycles. The van der Waals surface area contributed by atoms with Gasteiger partial charge in [-0.3, -0.25) is 19.3 Å². The summed E-state index contributed by atoms with van der Waals surface area (Å²) in [6, 6.07) is 9.66. The van der Waals surface area contributed by atoms with Crippen molar-refractivity contribution in [2.45, 2.75) is 33.5 Å². The molecule has 180 valence electrons. The lowest BCUT2D eigenvalue weighted by atomic mass is 10.1.